The summed E-state index contributed by atoms with van der Waals surface area (Å²) in [7, 11) is 0. The first-order chi connectivity index (χ1) is 15.7. The van der Waals surface area contributed by atoms with Crippen molar-refractivity contribution in [3.8, 4) is 5.75 Å². The molecule has 1 aliphatic rings. The molecule has 8 heteroatoms. The summed E-state index contributed by atoms with van der Waals surface area (Å²) < 4.78 is 5.82. The number of aromatic nitrogens is 2. The number of benzene rings is 1. The van der Waals surface area contributed by atoms with Gasteiger partial charge >= 0.3 is 5.97 Å². The van der Waals surface area contributed by atoms with Crippen LogP contribution in [-0.2, 0) is 14.4 Å². The second-order valence-electron chi connectivity index (χ2n) is 9.48. The van der Waals surface area contributed by atoms with Gasteiger partial charge in [0.25, 0.3) is 0 Å². The molecular weight excluding hydrogens is 420 g/mol. The zero-order chi connectivity index (χ0) is 24.0. The van der Waals surface area contributed by atoms with Gasteiger partial charge in [-0.15, -0.1) is 5.06 Å². The van der Waals surface area contributed by atoms with Crippen molar-refractivity contribution in [1.29, 1.82) is 5.41 Å². The number of piperidine rings is 1. The van der Waals surface area contributed by atoms with Crippen LogP contribution in [0.2, 0.25) is 0 Å². The Morgan fingerprint density at radius 1 is 1.18 bits per heavy atom. The van der Waals surface area contributed by atoms with Gasteiger partial charge in [0.05, 0.1) is 28.9 Å². The number of nitrogens with zero attached hydrogens (tertiary/aromatic N) is 3. The number of carbonyl (C=O) groups excluding carboxylic acids is 2. The van der Waals surface area contributed by atoms with Crippen LogP contribution in [0.4, 0.5) is 0 Å². The molecule has 33 heavy (non-hydrogen) atoms. The van der Waals surface area contributed by atoms with E-state index in [4.69, 9.17) is 15.0 Å². The third kappa shape index (κ3) is 6.57. The molecule has 0 saturated carbocycles. The normalized spacial score (nSPS) is 15.4. The lowest BCUT2D eigenvalue weighted by Crippen LogP contribution is -2.38. The summed E-state index contributed by atoms with van der Waals surface area (Å²) >= 11 is 0. The van der Waals surface area contributed by atoms with Crippen LogP contribution < -0.4 is 4.74 Å². The lowest BCUT2D eigenvalue weighted by molar-refractivity contribution is -0.204. The standard InChI is InChI=1S/C25H34N4O4/c1-5-22(30)20(26)7-6-14-32-18-8-9-19-21(15-18)27-16-28-23(19)17-10-12-29(13-11-17)33-24(31)25(2,3)4/h8-9,15-17,26H,5-7,10-14H2,1-4H3. The minimum atomic E-state index is -0.520. The molecule has 1 saturated heterocycles. The minimum absolute atomic E-state index is 0.108. The molecule has 1 fully saturated rings. The average Bonchev–Trinajstić information content (AvgIpc) is 2.80. The van der Waals surface area contributed by atoms with Gasteiger partial charge in [-0.1, -0.05) is 6.92 Å². The number of hydrogen-bond acceptors (Lipinski definition) is 8. The van der Waals surface area contributed by atoms with Crippen LogP contribution >= 0.6 is 0 Å². The van der Waals surface area contributed by atoms with Gasteiger partial charge in [0.2, 0.25) is 0 Å². The summed E-state index contributed by atoms with van der Waals surface area (Å²) in [6, 6.07) is 5.82. The van der Waals surface area contributed by atoms with E-state index in [1.165, 1.54) is 0 Å². The quantitative estimate of drug-likeness (QED) is 0.440. The Bertz CT molecular complexity index is 1010. The van der Waals surface area contributed by atoms with E-state index in [-0.39, 0.29) is 23.4 Å². The Labute approximate surface area is 195 Å². The van der Waals surface area contributed by atoms with E-state index < -0.39 is 5.41 Å². The van der Waals surface area contributed by atoms with Crippen LogP contribution in [-0.4, -0.2) is 52.2 Å². The molecule has 1 aliphatic heterocycles. The van der Waals surface area contributed by atoms with Crippen LogP contribution in [0.15, 0.2) is 24.5 Å². The Morgan fingerprint density at radius 2 is 1.91 bits per heavy atom. The zero-order valence-electron chi connectivity index (χ0n) is 20.0. The van der Waals surface area contributed by atoms with Crippen molar-refractivity contribution in [3.63, 3.8) is 0 Å². The van der Waals surface area contributed by atoms with Crippen LogP contribution in [0.25, 0.3) is 10.9 Å². The molecule has 1 aromatic heterocycles. The van der Waals surface area contributed by atoms with Gasteiger partial charge in [-0.2, -0.15) is 0 Å². The first-order valence-electron chi connectivity index (χ1n) is 11.6. The second-order valence-corrected chi connectivity index (χ2v) is 9.48. The minimum Gasteiger partial charge on any atom is -0.494 e. The maximum absolute atomic E-state index is 12.1. The predicted molar refractivity (Wildman–Crippen MR) is 126 cm³/mol. The smallest absolute Gasteiger partial charge is 0.330 e. The first-order valence-corrected chi connectivity index (χ1v) is 11.6. The number of Topliss-reactive ketones (excluding diaryl/α,β-unsaturated/α-hetero) is 1. The molecule has 1 N–H and O–H groups in total. The van der Waals surface area contributed by atoms with E-state index in [1.807, 2.05) is 39.0 Å². The fourth-order valence-electron chi connectivity index (χ4n) is 3.74. The van der Waals surface area contributed by atoms with Gasteiger partial charge < -0.3 is 15.0 Å². The molecule has 0 unspecified atom stereocenters. The SMILES string of the molecule is CCC(=O)C(=N)CCCOc1ccc2c(C3CCN(OC(=O)C(C)(C)C)CC3)ncnc2c1. The topological polar surface area (TPSA) is 105 Å². The highest BCUT2D eigenvalue weighted by molar-refractivity contribution is 6.38. The maximum atomic E-state index is 12.1. The average molecular weight is 455 g/mol. The highest BCUT2D eigenvalue weighted by Gasteiger charge is 2.29. The summed E-state index contributed by atoms with van der Waals surface area (Å²) in [5.74, 6) is 0.663. The van der Waals surface area contributed by atoms with Gasteiger partial charge in [0, 0.05) is 36.9 Å². The number of rotatable bonds is 9. The molecule has 2 aromatic rings. The Kier molecular flexibility index (Phi) is 8.13. The fourth-order valence-corrected chi connectivity index (χ4v) is 3.74. The molecule has 0 atom stereocenters. The summed E-state index contributed by atoms with van der Waals surface area (Å²) in [5.41, 5.74) is 1.48. The van der Waals surface area contributed by atoms with Crippen molar-refractivity contribution >= 4 is 28.4 Å². The third-order valence-electron chi connectivity index (χ3n) is 5.80. The monoisotopic (exact) mass is 454 g/mol. The van der Waals surface area contributed by atoms with Crippen molar-refractivity contribution in [2.75, 3.05) is 19.7 Å². The van der Waals surface area contributed by atoms with Crippen LogP contribution in [0, 0.1) is 10.8 Å². The van der Waals surface area contributed by atoms with E-state index in [0.717, 1.165) is 29.4 Å². The predicted octanol–water partition coefficient (Wildman–Crippen LogP) is 4.47. The number of ketones is 1. The fraction of sp³-hybridized carbons (Fsp3) is 0.560. The highest BCUT2D eigenvalue weighted by atomic mass is 16.7. The van der Waals surface area contributed by atoms with Crippen molar-refractivity contribution in [1.82, 2.24) is 15.0 Å². The second kappa shape index (κ2) is 10.8. The number of hydrogen-bond donors (Lipinski definition) is 1. The number of ether oxygens (including phenoxy) is 1. The van der Waals surface area contributed by atoms with E-state index in [9.17, 15) is 9.59 Å². The van der Waals surface area contributed by atoms with Crippen molar-refractivity contribution in [3.05, 3.63) is 30.2 Å². The zero-order valence-corrected chi connectivity index (χ0v) is 20.0. The Morgan fingerprint density at radius 3 is 2.58 bits per heavy atom. The summed E-state index contributed by atoms with van der Waals surface area (Å²) in [6.45, 7) is 9.12. The van der Waals surface area contributed by atoms with E-state index in [2.05, 4.69) is 9.97 Å². The lowest BCUT2D eigenvalue weighted by atomic mass is 9.91. The molecule has 0 spiro atoms. The van der Waals surface area contributed by atoms with E-state index in [0.29, 0.717) is 44.7 Å². The highest BCUT2D eigenvalue weighted by Crippen LogP contribution is 2.32. The van der Waals surface area contributed by atoms with E-state index in [1.54, 1.807) is 18.3 Å². The Balaban J connectivity index is 1.58. The van der Waals surface area contributed by atoms with E-state index >= 15 is 0 Å². The molecule has 3 rings (SSSR count). The van der Waals surface area contributed by atoms with Gasteiger partial charge in [0.15, 0.2) is 5.78 Å². The molecule has 178 valence electrons. The van der Waals surface area contributed by atoms with Crippen LogP contribution in [0.1, 0.15) is 71.4 Å². The molecule has 2 heterocycles. The van der Waals surface area contributed by atoms with Crippen LogP contribution in [0.5, 0.6) is 5.75 Å². The van der Waals surface area contributed by atoms with Gasteiger partial charge in [-0.3, -0.25) is 4.79 Å². The molecular formula is C25H34N4O4. The number of fused-ring (bicyclic) bond motifs is 1. The summed E-state index contributed by atoms with van der Waals surface area (Å²) in [4.78, 5) is 38.2. The molecule has 8 nitrogen and oxygen atoms in total. The molecule has 0 aliphatic carbocycles. The lowest BCUT2D eigenvalue weighted by Gasteiger charge is -2.32. The third-order valence-corrected chi connectivity index (χ3v) is 5.80. The molecule has 0 radical (unpaired) electrons. The van der Waals surface area contributed by atoms with Crippen molar-refractivity contribution in [2.24, 2.45) is 5.41 Å². The summed E-state index contributed by atoms with van der Waals surface area (Å²) in [5, 5.41) is 10.5. The first kappa shape index (κ1) is 24.8. The van der Waals surface area contributed by atoms with Crippen molar-refractivity contribution in [2.45, 2.75) is 65.7 Å². The van der Waals surface area contributed by atoms with Gasteiger partial charge in [0.1, 0.15) is 12.1 Å². The Hall–Kier alpha value is -2.87. The summed E-state index contributed by atoms with van der Waals surface area (Å²) in [6.07, 6.45) is 4.71. The van der Waals surface area contributed by atoms with Gasteiger partial charge in [-0.05, 0) is 58.6 Å². The molecule has 0 bridgehead atoms. The van der Waals surface area contributed by atoms with Crippen LogP contribution in [0.3, 0.4) is 0 Å². The number of hydroxylamine groups is 2. The molecule has 0 amide bonds. The maximum Gasteiger partial charge on any atom is 0.330 e. The molecule has 1 aromatic carbocycles. The number of nitrogens with one attached hydrogen (secondary N) is 1. The van der Waals surface area contributed by atoms with Gasteiger partial charge in [-0.25, -0.2) is 14.8 Å². The largest absolute Gasteiger partial charge is 0.494 e. The number of carbonyl (C=O) groups is 2. The van der Waals surface area contributed by atoms with Crippen molar-refractivity contribution < 1.29 is 19.2 Å².